The van der Waals surface area contributed by atoms with Gasteiger partial charge in [0, 0.05) is 4.88 Å². The van der Waals surface area contributed by atoms with E-state index in [1.54, 1.807) is 6.92 Å². The first kappa shape index (κ1) is 13.4. The van der Waals surface area contributed by atoms with Gasteiger partial charge in [0.1, 0.15) is 11.1 Å². The number of carbonyl (C=O) groups is 2. The Morgan fingerprint density at radius 3 is 2.75 bits per heavy atom. The summed E-state index contributed by atoms with van der Waals surface area (Å²) < 4.78 is 0. The predicted molar refractivity (Wildman–Crippen MR) is 74.6 cm³/mol. The highest BCUT2D eigenvalue weighted by atomic mass is 32.2. The van der Waals surface area contributed by atoms with E-state index in [1.165, 1.54) is 28.0 Å². The lowest BCUT2D eigenvalue weighted by Gasteiger charge is -2.41. The van der Waals surface area contributed by atoms with Crippen molar-refractivity contribution in [2.24, 2.45) is 5.92 Å². The van der Waals surface area contributed by atoms with Gasteiger partial charge in [-0.1, -0.05) is 11.8 Å². The Morgan fingerprint density at radius 2 is 2.25 bits per heavy atom. The number of fused-ring (bicyclic) bond motifs is 1. The number of carboxylic acid groups (broad SMARTS) is 1. The molecule has 1 aromatic heterocycles. The van der Waals surface area contributed by atoms with Crippen molar-refractivity contribution in [2.45, 2.75) is 12.3 Å². The third-order valence-electron chi connectivity index (χ3n) is 3.28. The van der Waals surface area contributed by atoms with E-state index in [4.69, 9.17) is 5.73 Å². The van der Waals surface area contributed by atoms with Crippen molar-refractivity contribution < 1.29 is 19.8 Å². The first-order valence-corrected chi connectivity index (χ1v) is 7.46. The maximum atomic E-state index is 11.9. The number of nitrogens with two attached hydrogens (primary N) is 1. The molecule has 0 radical (unpaired) electrons. The molecule has 0 spiro atoms. The average molecular weight is 313 g/mol. The maximum Gasteiger partial charge on any atom is 0.353 e. The minimum Gasteiger partial charge on any atom is -0.477 e. The van der Waals surface area contributed by atoms with Crippen molar-refractivity contribution in [3.8, 4) is 0 Å². The van der Waals surface area contributed by atoms with Gasteiger partial charge in [0.25, 0.3) is 0 Å². The molecule has 1 aromatic rings. The molecule has 1 fully saturated rings. The maximum absolute atomic E-state index is 11.9. The molecule has 7 nitrogen and oxygen atoms in total. The highest BCUT2D eigenvalue weighted by molar-refractivity contribution is 8.09. The molecule has 0 bridgehead atoms. The molecule has 9 heteroatoms. The number of nitrogens with zero attached hydrogens (tertiary/aromatic N) is 2. The Kier molecular flexibility index (Phi) is 3.00. The molecule has 20 heavy (non-hydrogen) atoms. The highest BCUT2D eigenvalue weighted by Crippen LogP contribution is 2.53. The number of aliphatic hydroxyl groups is 1. The SMILES string of the molecule is Cc1sc(N)nc1C1=C(C(=O)O)N2C(=O)[C@H](CO)[C@H]2S1. The van der Waals surface area contributed by atoms with Crippen LogP contribution in [0.25, 0.3) is 4.91 Å². The van der Waals surface area contributed by atoms with Gasteiger partial charge in [-0.05, 0) is 6.92 Å². The topological polar surface area (TPSA) is 117 Å². The van der Waals surface area contributed by atoms with E-state index in [0.717, 1.165) is 4.88 Å². The summed E-state index contributed by atoms with van der Waals surface area (Å²) in [6.45, 7) is 1.52. The van der Waals surface area contributed by atoms with Crippen molar-refractivity contribution in [3.63, 3.8) is 0 Å². The van der Waals surface area contributed by atoms with Crippen molar-refractivity contribution in [1.82, 2.24) is 9.88 Å². The Morgan fingerprint density at radius 1 is 1.55 bits per heavy atom. The summed E-state index contributed by atoms with van der Waals surface area (Å²) in [4.78, 5) is 29.9. The van der Waals surface area contributed by atoms with Crippen LogP contribution in [0.4, 0.5) is 5.13 Å². The number of carboxylic acids is 1. The Labute approximate surface area is 122 Å². The fourth-order valence-corrected chi connectivity index (χ4v) is 4.64. The number of anilines is 1. The number of aryl methyl sites for hydroxylation is 1. The molecule has 0 unspecified atom stereocenters. The summed E-state index contributed by atoms with van der Waals surface area (Å²) in [7, 11) is 0. The van der Waals surface area contributed by atoms with Crippen LogP contribution in [0.3, 0.4) is 0 Å². The zero-order valence-corrected chi connectivity index (χ0v) is 12.0. The van der Waals surface area contributed by atoms with Gasteiger partial charge in [0.15, 0.2) is 5.13 Å². The summed E-state index contributed by atoms with van der Waals surface area (Å²) >= 11 is 2.52. The minimum atomic E-state index is -1.18. The van der Waals surface area contributed by atoms with Crippen molar-refractivity contribution in [1.29, 1.82) is 0 Å². The number of thiazole rings is 1. The van der Waals surface area contributed by atoms with E-state index in [2.05, 4.69) is 4.98 Å². The summed E-state index contributed by atoms with van der Waals surface area (Å²) in [5, 5.41) is 18.5. The molecule has 1 saturated heterocycles. The van der Waals surface area contributed by atoms with Crippen LogP contribution in [0.2, 0.25) is 0 Å². The van der Waals surface area contributed by atoms with Crippen LogP contribution in [0.15, 0.2) is 5.70 Å². The van der Waals surface area contributed by atoms with Crippen LogP contribution in [0.1, 0.15) is 10.6 Å². The number of amides is 1. The summed E-state index contributed by atoms with van der Waals surface area (Å²) in [6.07, 6.45) is 0. The van der Waals surface area contributed by atoms with E-state index in [1.807, 2.05) is 0 Å². The van der Waals surface area contributed by atoms with Crippen LogP contribution >= 0.6 is 23.1 Å². The zero-order valence-electron chi connectivity index (χ0n) is 10.4. The number of hydrogen-bond donors (Lipinski definition) is 3. The number of thioether (sulfide) groups is 1. The Bertz CT molecular complexity index is 654. The average Bonchev–Trinajstić information content (AvgIpc) is 2.87. The molecule has 1 amide bonds. The van der Waals surface area contributed by atoms with Crippen molar-refractivity contribution in [3.05, 3.63) is 16.3 Å². The van der Waals surface area contributed by atoms with Crippen LogP contribution < -0.4 is 5.73 Å². The van der Waals surface area contributed by atoms with Crippen molar-refractivity contribution >= 4 is 45.0 Å². The van der Waals surface area contributed by atoms with Crippen LogP contribution in [0.5, 0.6) is 0 Å². The van der Waals surface area contributed by atoms with Crippen molar-refractivity contribution in [2.75, 3.05) is 12.3 Å². The van der Waals surface area contributed by atoms with Gasteiger partial charge < -0.3 is 15.9 Å². The molecule has 0 saturated carbocycles. The number of carbonyl (C=O) groups excluding carboxylic acids is 1. The second-order valence-corrected chi connectivity index (χ2v) is 6.81. The van der Waals surface area contributed by atoms with Crippen LogP contribution in [-0.2, 0) is 9.59 Å². The van der Waals surface area contributed by atoms with Gasteiger partial charge in [0.2, 0.25) is 5.91 Å². The van der Waals surface area contributed by atoms with Gasteiger partial charge in [-0.25, -0.2) is 9.78 Å². The van der Waals surface area contributed by atoms with Crippen LogP contribution in [0, 0.1) is 12.8 Å². The number of aromatic nitrogens is 1. The number of hydrogen-bond acceptors (Lipinski definition) is 7. The standard InChI is InChI=1S/C11H11N3O4S2/c1-3-5(13-11(12)19-3)7-6(10(17)18)14-8(16)4(2-15)9(14)20-7/h4,9,15H,2H2,1H3,(H2,12,13)(H,17,18)/t4-,9+/m0/s1. The molecule has 106 valence electrons. The second-order valence-electron chi connectivity index (χ2n) is 4.45. The molecule has 3 rings (SSSR count). The third kappa shape index (κ3) is 1.67. The molecular formula is C11H11N3O4S2. The summed E-state index contributed by atoms with van der Waals surface area (Å²) in [5.74, 6) is -2.09. The first-order valence-electron chi connectivity index (χ1n) is 5.77. The zero-order chi connectivity index (χ0) is 14.6. The van der Waals surface area contributed by atoms with Gasteiger partial charge in [-0.3, -0.25) is 9.69 Å². The number of rotatable bonds is 3. The molecule has 2 aliphatic rings. The lowest BCUT2D eigenvalue weighted by molar-refractivity contribution is -0.153. The molecule has 3 heterocycles. The van der Waals surface area contributed by atoms with E-state index in [9.17, 15) is 19.8 Å². The minimum absolute atomic E-state index is 0.0666. The number of aliphatic hydroxyl groups excluding tert-OH is 1. The Hall–Kier alpha value is -1.58. The van der Waals surface area contributed by atoms with E-state index < -0.39 is 11.9 Å². The molecular weight excluding hydrogens is 302 g/mol. The summed E-state index contributed by atoms with van der Waals surface area (Å²) in [6, 6.07) is 0. The predicted octanol–water partition coefficient (Wildman–Crippen LogP) is 0.311. The fraction of sp³-hybridized carbons (Fsp3) is 0.364. The molecule has 2 aliphatic heterocycles. The number of aliphatic carboxylic acids is 1. The first-order chi connectivity index (χ1) is 9.45. The van der Waals surface area contributed by atoms with Gasteiger partial charge in [-0.15, -0.1) is 11.3 Å². The Balaban J connectivity index is 2.08. The highest BCUT2D eigenvalue weighted by Gasteiger charge is 2.56. The molecule has 4 N–H and O–H groups in total. The van der Waals surface area contributed by atoms with Gasteiger partial charge in [0.05, 0.1) is 23.1 Å². The molecule has 2 atom stereocenters. The van der Waals surface area contributed by atoms with Gasteiger partial charge >= 0.3 is 5.97 Å². The monoisotopic (exact) mass is 313 g/mol. The smallest absolute Gasteiger partial charge is 0.353 e. The number of nitrogen functional groups attached to an aromatic ring is 1. The lowest BCUT2D eigenvalue weighted by Crippen LogP contribution is -2.58. The molecule has 0 aliphatic carbocycles. The quantitative estimate of drug-likeness (QED) is 0.687. The van der Waals surface area contributed by atoms with E-state index >= 15 is 0 Å². The largest absolute Gasteiger partial charge is 0.477 e. The van der Waals surface area contributed by atoms with Crippen LogP contribution in [-0.4, -0.2) is 44.0 Å². The van der Waals surface area contributed by atoms with E-state index in [0.29, 0.717) is 15.7 Å². The number of β-lactam (4-membered cyclic amide) rings is 1. The lowest BCUT2D eigenvalue weighted by atomic mass is 9.98. The molecule has 0 aromatic carbocycles. The van der Waals surface area contributed by atoms with Gasteiger partial charge in [-0.2, -0.15) is 0 Å². The third-order valence-corrected chi connectivity index (χ3v) is 5.48. The second kappa shape index (κ2) is 4.47. The fourth-order valence-electron chi connectivity index (χ4n) is 2.35. The van der Waals surface area contributed by atoms with E-state index in [-0.39, 0.29) is 23.6 Å². The normalized spacial score (nSPS) is 24.9. The summed E-state index contributed by atoms with van der Waals surface area (Å²) in [5.41, 5.74) is 6.08.